The quantitative estimate of drug-likeness (QED) is 0.783. The number of piperidine rings is 1. The Bertz CT molecular complexity index is 479. The number of aliphatic hydroxyl groups excluding tert-OH is 1. The lowest BCUT2D eigenvalue weighted by Crippen LogP contribution is -2.41. The summed E-state index contributed by atoms with van der Waals surface area (Å²) in [6, 6.07) is 0. The van der Waals surface area contributed by atoms with Crippen molar-refractivity contribution in [3.63, 3.8) is 0 Å². The molecule has 0 bridgehead atoms. The van der Waals surface area contributed by atoms with Crippen LogP contribution in [0.5, 0.6) is 0 Å². The van der Waals surface area contributed by atoms with Gasteiger partial charge in [0.25, 0.3) is 0 Å². The largest absolute Gasteiger partial charge is 0.393 e. The second kappa shape index (κ2) is 6.47. The van der Waals surface area contributed by atoms with Crippen LogP contribution < -0.4 is 5.32 Å². The van der Waals surface area contributed by atoms with E-state index in [9.17, 15) is 14.7 Å². The van der Waals surface area contributed by atoms with Crippen molar-refractivity contribution in [3.8, 4) is 0 Å². The second-order valence-electron chi connectivity index (χ2n) is 4.82. The van der Waals surface area contributed by atoms with Gasteiger partial charge in [0, 0.05) is 19.5 Å². The molecule has 2 amide bonds. The predicted octanol–water partition coefficient (Wildman–Crippen LogP) is -0.390. The van der Waals surface area contributed by atoms with E-state index in [2.05, 4.69) is 15.6 Å². The molecule has 0 aliphatic carbocycles. The van der Waals surface area contributed by atoms with Crippen LogP contribution in [0.3, 0.4) is 0 Å². The predicted molar refractivity (Wildman–Crippen MR) is 70.8 cm³/mol. The van der Waals surface area contributed by atoms with Gasteiger partial charge in [0.1, 0.15) is 6.54 Å². The Balaban J connectivity index is 1.86. The van der Waals surface area contributed by atoms with Gasteiger partial charge in [-0.25, -0.2) is 4.68 Å². The van der Waals surface area contributed by atoms with Crippen molar-refractivity contribution in [3.05, 3.63) is 6.20 Å². The summed E-state index contributed by atoms with van der Waals surface area (Å²) in [5.74, 6) is 0.141. The van der Waals surface area contributed by atoms with Gasteiger partial charge in [-0.15, -0.1) is 5.10 Å². The normalized spacial score (nSPS) is 16.2. The number of nitrogens with zero attached hydrogens (tertiary/aromatic N) is 4. The number of aromatic nitrogens is 3. The summed E-state index contributed by atoms with van der Waals surface area (Å²) in [7, 11) is 0. The van der Waals surface area contributed by atoms with Gasteiger partial charge in [-0.3, -0.25) is 9.59 Å². The Kier molecular flexibility index (Phi) is 4.67. The molecule has 8 nitrogen and oxygen atoms in total. The molecule has 0 radical (unpaired) electrons. The zero-order chi connectivity index (χ0) is 14.5. The average Bonchev–Trinajstić information content (AvgIpc) is 2.86. The van der Waals surface area contributed by atoms with Gasteiger partial charge < -0.3 is 15.3 Å². The van der Waals surface area contributed by atoms with Crippen molar-refractivity contribution in [1.82, 2.24) is 19.9 Å². The third-order valence-electron chi connectivity index (χ3n) is 3.24. The van der Waals surface area contributed by atoms with Gasteiger partial charge in [0.2, 0.25) is 11.8 Å². The van der Waals surface area contributed by atoms with E-state index in [-0.39, 0.29) is 24.5 Å². The summed E-state index contributed by atoms with van der Waals surface area (Å²) in [6.07, 6.45) is 2.81. The van der Waals surface area contributed by atoms with Crippen LogP contribution in [-0.2, 0) is 16.1 Å². The van der Waals surface area contributed by atoms with Gasteiger partial charge in [0.05, 0.1) is 12.3 Å². The standard InChI is InChI=1S/C12H19N5O3/c1-2-11(19)13-10-7-17(15-14-10)8-12(20)16-5-3-9(18)4-6-16/h7,9,18H,2-6,8H2,1H3,(H,13,19). The van der Waals surface area contributed by atoms with Crippen LogP contribution in [0.1, 0.15) is 26.2 Å². The molecule has 1 aromatic heterocycles. The van der Waals surface area contributed by atoms with Gasteiger partial charge in [-0.1, -0.05) is 12.1 Å². The molecule has 8 heteroatoms. The van der Waals surface area contributed by atoms with Gasteiger partial charge in [0.15, 0.2) is 5.82 Å². The van der Waals surface area contributed by atoms with E-state index in [1.807, 2.05) is 0 Å². The van der Waals surface area contributed by atoms with Crippen LogP contribution in [0.4, 0.5) is 5.82 Å². The number of nitrogens with one attached hydrogen (secondary N) is 1. The van der Waals surface area contributed by atoms with Crippen molar-refractivity contribution in [2.75, 3.05) is 18.4 Å². The van der Waals surface area contributed by atoms with E-state index in [0.717, 1.165) is 0 Å². The molecule has 1 fully saturated rings. The number of anilines is 1. The SMILES string of the molecule is CCC(=O)Nc1cn(CC(=O)N2CCC(O)CC2)nn1. The first-order valence-electron chi connectivity index (χ1n) is 6.74. The molecule has 0 atom stereocenters. The Hall–Kier alpha value is -1.96. The number of carbonyl (C=O) groups excluding carboxylic acids is 2. The lowest BCUT2D eigenvalue weighted by molar-refractivity contribution is -0.134. The average molecular weight is 281 g/mol. The first-order chi connectivity index (χ1) is 9.58. The number of carbonyl (C=O) groups is 2. The highest BCUT2D eigenvalue weighted by Crippen LogP contribution is 2.10. The van der Waals surface area contributed by atoms with E-state index in [1.54, 1.807) is 11.8 Å². The summed E-state index contributed by atoms with van der Waals surface area (Å²) in [6.45, 7) is 2.96. The molecule has 2 heterocycles. The Morgan fingerprint density at radius 3 is 2.80 bits per heavy atom. The molecule has 1 aromatic rings. The number of likely N-dealkylation sites (tertiary alicyclic amines) is 1. The Labute approximate surface area is 116 Å². The summed E-state index contributed by atoms with van der Waals surface area (Å²) < 4.78 is 1.40. The van der Waals surface area contributed by atoms with E-state index >= 15 is 0 Å². The lowest BCUT2D eigenvalue weighted by Gasteiger charge is -2.29. The van der Waals surface area contributed by atoms with Crippen LogP contribution in [0.25, 0.3) is 0 Å². The summed E-state index contributed by atoms with van der Waals surface area (Å²) >= 11 is 0. The first kappa shape index (κ1) is 14.4. The van der Waals surface area contributed by atoms with E-state index in [4.69, 9.17) is 0 Å². The smallest absolute Gasteiger partial charge is 0.244 e. The zero-order valence-corrected chi connectivity index (χ0v) is 11.4. The number of hydrogen-bond acceptors (Lipinski definition) is 5. The first-order valence-corrected chi connectivity index (χ1v) is 6.74. The van der Waals surface area contributed by atoms with E-state index < -0.39 is 0 Å². The highest BCUT2D eigenvalue weighted by molar-refractivity contribution is 5.89. The monoisotopic (exact) mass is 281 g/mol. The van der Waals surface area contributed by atoms with Crippen LogP contribution >= 0.6 is 0 Å². The highest BCUT2D eigenvalue weighted by Gasteiger charge is 2.21. The Morgan fingerprint density at radius 2 is 2.15 bits per heavy atom. The van der Waals surface area contributed by atoms with E-state index in [0.29, 0.717) is 38.2 Å². The number of aliphatic hydroxyl groups is 1. The molecule has 110 valence electrons. The Morgan fingerprint density at radius 1 is 1.45 bits per heavy atom. The summed E-state index contributed by atoms with van der Waals surface area (Å²) in [4.78, 5) is 24.9. The molecule has 1 saturated heterocycles. The summed E-state index contributed by atoms with van der Waals surface area (Å²) in [5, 5.41) is 19.6. The molecule has 1 aliphatic rings. The molecule has 0 spiro atoms. The fourth-order valence-electron chi connectivity index (χ4n) is 2.02. The minimum Gasteiger partial charge on any atom is -0.393 e. The fourth-order valence-corrected chi connectivity index (χ4v) is 2.02. The molecular formula is C12H19N5O3. The minimum atomic E-state index is -0.304. The van der Waals surface area contributed by atoms with Crippen LogP contribution in [0.2, 0.25) is 0 Å². The van der Waals surface area contributed by atoms with Crippen LogP contribution in [-0.4, -0.2) is 56.0 Å². The number of rotatable bonds is 4. The van der Waals surface area contributed by atoms with Gasteiger partial charge in [-0.2, -0.15) is 0 Å². The maximum absolute atomic E-state index is 12.0. The number of amides is 2. The highest BCUT2D eigenvalue weighted by atomic mass is 16.3. The maximum Gasteiger partial charge on any atom is 0.244 e. The summed E-state index contributed by atoms with van der Waals surface area (Å²) in [5.41, 5.74) is 0. The lowest BCUT2D eigenvalue weighted by atomic mass is 10.1. The number of hydrogen-bond donors (Lipinski definition) is 2. The van der Waals surface area contributed by atoms with Crippen LogP contribution in [0.15, 0.2) is 6.20 Å². The molecule has 2 rings (SSSR count). The molecular weight excluding hydrogens is 262 g/mol. The molecule has 0 saturated carbocycles. The molecule has 1 aliphatic heterocycles. The molecule has 0 unspecified atom stereocenters. The fraction of sp³-hybridized carbons (Fsp3) is 0.667. The van der Waals surface area contributed by atoms with E-state index in [1.165, 1.54) is 10.9 Å². The molecule has 2 N–H and O–H groups in total. The van der Waals surface area contributed by atoms with Crippen molar-refractivity contribution >= 4 is 17.6 Å². The van der Waals surface area contributed by atoms with Crippen molar-refractivity contribution in [1.29, 1.82) is 0 Å². The van der Waals surface area contributed by atoms with Gasteiger partial charge >= 0.3 is 0 Å². The third-order valence-corrected chi connectivity index (χ3v) is 3.24. The minimum absolute atomic E-state index is 0.0600. The molecule has 20 heavy (non-hydrogen) atoms. The topological polar surface area (TPSA) is 100 Å². The third kappa shape index (κ3) is 3.77. The molecule has 0 aromatic carbocycles. The van der Waals surface area contributed by atoms with Crippen LogP contribution in [0, 0.1) is 0 Å². The van der Waals surface area contributed by atoms with Crippen molar-refractivity contribution in [2.45, 2.75) is 38.8 Å². The second-order valence-corrected chi connectivity index (χ2v) is 4.82. The van der Waals surface area contributed by atoms with Gasteiger partial charge in [-0.05, 0) is 12.8 Å². The zero-order valence-electron chi connectivity index (χ0n) is 11.4. The maximum atomic E-state index is 12.0. The van der Waals surface area contributed by atoms with Crippen molar-refractivity contribution in [2.24, 2.45) is 0 Å². The van der Waals surface area contributed by atoms with Crippen molar-refractivity contribution < 1.29 is 14.7 Å².